The van der Waals surface area contributed by atoms with Crippen LogP contribution in [0, 0.1) is 0 Å². The van der Waals surface area contributed by atoms with Crippen molar-refractivity contribution in [3.05, 3.63) is 72.8 Å². The van der Waals surface area contributed by atoms with Crippen molar-refractivity contribution < 1.29 is 29.4 Å². The average Bonchev–Trinajstić information content (AvgIpc) is 2.71. The smallest absolute Gasteiger partial charge is 0.328 e. The van der Waals surface area contributed by atoms with Gasteiger partial charge in [0.05, 0.1) is 0 Å². The summed E-state index contributed by atoms with van der Waals surface area (Å²) in [5.74, 6) is -3.45. The van der Waals surface area contributed by atoms with E-state index >= 15 is 0 Å². The third kappa shape index (κ3) is 8.67. The van der Waals surface area contributed by atoms with Crippen molar-refractivity contribution in [3.8, 4) is 0 Å². The number of amides is 2. The van der Waals surface area contributed by atoms with E-state index in [2.05, 4.69) is 10.6 Å². The maximum absolute atomic E-state index is 11.5. The molecular formula is C20H16N2O6S2. The predicted octanol–water partition coefficient (Wildman–Crippen LogP) is 3.64. The van der Waals surface area contributed by atoms with Gasteiger partial charge in [-0.25, -0.2) is 9.59 Å². The Balaban J connectivity index is 1.84. The summed E-state index contributed by atoms with van der Waals surface area (Å²) in [6.45, 7) is 0. The first-order valence-corrected chi connectivity index (χ1v) is 10.5. The number of anilines is 2. The Kier molecular flexibility index (Phi) is 8.73. The predicted molar refractivity (Wildman–Crippen MR) is 115 cm³/mol. The van der Waals surface area contributed by atoms with Crippen LogP contribution in [-0.2, 0) is 19.2 Å². The number of carbonyl (C=O) groups is 4. The molecule has 0 radical (unpaired) electrons. The van der Waals surface area contributed by atoms with Crippen LogP contribution in [0.2, 0.25) is 0 Å². The van der Waals surface area contributed by atoms with Gasteiger partial charge in [0.2, 0.25) is 11.8 Å². The van der Waals surface area contributed by atoms with E-state index in [1.807, 2.05) is 24.3 Å². The Morgan fingerprint density at radius 1 is 0.600 bits per heavy atom. The molecule has 0 spiro atoms. The van der Waals surface area contributed by atoms with Crippen molar-refractivity contribution in [2.75, 3.05) is 10.6 Å². The minimum absolute atomic E-state index is 0.530. The highest BCUT2D eigenvalue weighted by Crippen LogP contribution is 2.38. The Hall–Kier alpha value is -3.50. The molecule has 0 fully saturated rings. The minimum atomic E-state index is -1.20. The van der Waals surface area contributed by atoms with Crippen molar-refractivity contribution in [1.82, 2.24) is 0 Å². The maximum atomic E-state index is 11.5. The quantitative estimate of drug-likeness (QED) is 0.340. The zero-order valence-corrected chi connectivity index (χ0v) is 16.9. The summed E-state index contributed by atoms with van der Waals surface area (Å²) in [6, 6.07) is 14.1. The second kappa shape index (κ2) is 11.5. The average molecular weight is 444 g/mol. The molecule has 0 saturated carbocycles. The van der Waals surface area contributed by atoms with Crippen LogP contribution in [0.1, 0.15) is 0 Å². The molecule has 0 aromatic heterocycles. The zero-order valence-electron chi connectivity index (χ0n) is 15.3. The highest BCUT2D eigenvalue weighted by Gasteiger charge is 2.03. The fourth-order valence-electron chi connectivity index (χ4n) is 1.95. The molecule has 4 N–H and O–H groups in total. The number of benzene rings is 2. The van der Waals surface area contributed by atoms with Crippen LogP contribution in [0.4, 0.5) is 11.4 Å². The fourth-order valence-corrected chi connectivity index (χ4v) is 3.88. The summed E-state index contributed by atoms with van der Waals surface area (Å²) >= 11 is 0. The molecule has 2 amide bonds. The number of rotatable bonds is 9. The van der Waals surface area contributed by atoms with Gasteiger partial charge < -0.3 is 20.8 Å². The highest BCUT2D eigenvalue weighted by molar-refractivity contribution is 8.76. The molecule has 10 heteroatoms. The van der Waals surface area contributed by atoms with Crippen molar-refractivity contribution in [3.63, 3.8) is 0 Å². The Morgan fingerprint density at radius 3 is 1.23 bits per heavy atom. The van der Waals surface area contributed by atoms with Gasteiger partial charge >= 0.3 is 11.9 Å². The van der Waals surface area contributed by atoms with Crippen molar-refractivity contribution >= 4 is 56.7 Å². The molecule has 0 aliphatic heterocycles. The first kappa shape index (κ1) is 22.8. The first-order chi connectivity index (χ1) is 14.3. The number of carboxylic acid groups (broad SMARTS) is 2. The van der Waals surface area contributed by atoms with Gasteiger partial charge in [-0.3, -0.25) is 9.59 Å². The molecule has 0 saturated heterocycles. The Bertz CT molecular complexity index is 904. The van der Waals surface area contributed by atoms with Crippen LogP contribution in [0.3, 0.4) is 0 Å². The van der Waals surface area contributed by atoms with E-state index in [0.717, 1.165) is 34.1 Å². The summed E-state index contributed by atoms with van der Waals surface area (Å²) in [5, 5.41) is 22.1. The van der Waals surface area contributed by atoms with Crippen molar-refractivity contribution in [1.29, 1.82) is 0 Å². The second-order valence-corrected chi connectivity index (χ2v) is 7.81. The number of carboxylic acids is 2. The second-order valence-electron chi connectivity index (χ2n) is 5.54. The van der Waals surface area contributed by atoms with Gasteiger partial charge in [-0.1, -0.05) is 21.6 Å². The monoisotopic (exact) mass is 444 g/mol. The maximum Gasteiger partial charge on any atom is 0.328 e. The van der Waals surface area contributed by atoms with Gasteiger partial charge in [0.1, 0.15) is 0 Å². The Labute approximate surface area is 179 Å². The summed E-state index contributed by atoms with van der Waals surface area (Å²) in [5.41, 5.74) is 1.09. The molecule has 0 aliphatic carbocycles. The van der Waals surface area contributed by atoms with Gasteiger partial charge in [0.25, 0.3) is 0 Å². The lowest BCUT2D eigenvalue weighted by Gasteiger charge is -2.06. The van der Waals surface area contributed by atoms with Crippen molar-refractivity contribution in [2.45, 2.75) is 9.79 Å². The fraction of sp³-hybridized carbons (Fsp3) is 0. The number of nitrogens with one attached hydrogen (secondary N) is 2. The van der Waals surface area contributed by atoms with Gasteiger partial charge in [0, 0.05) is 45.5 Å². The van der Waals surface area contributed by atoms with Crippen LogP contribution in [-0.4, -0.2) is 34.0 Å². The number of hydrogen-bond donors (Lipinski definition) is 4. The van der Waals surface area contributed by atoms with Crippen LogP contribution in [0.5, 0.6) is 0 Å². The van der Waals surface area contributed by atoms with E-state index in [1.54, 1.807) is 24.3 Å². The molecule has 154 valence electrons. The normalized spacial score (nSPS) is 10.8. The summed E-state index contributed by atoms with van der Waals surface area (Å²) in [4.78, 5) is 45.8. The summed E-state index contributed by atoms with van der Waals surface area (Å²) in [6.07, 6.45) is 3.41. The molecular weight excluding hydrogens is 428 g/mol. The number of aliphatic carboxylic acids is 2. The van der Waals surface area contributed by atoms with E-state index < -0.39 is 23.8 Å². The minimum Gasteiger partial charge on any atom is -0.478 e. The SMILES string of the molecule is O=C(O)/C=C/C(=O)Nc1ccc(SSc2ccc(NC(=O)/C=C/C(=O)O)cc2)cc1. The van der Waals surface area contributed by atoms with Crippen LogP contribution >= 0.6 is 21.6 Å². The topological polar surface area (TPSA) is 133 Å². The lowest BCUT2D eigenvalue weighted by molar-refractivity contribution is -0.132. The van der Waals surface area contributed by atoms with Crippen LogP contribution < -0.4 is 10.6 Å². The highest BCUT2D eigenvalue weighted by atomic mass is 33.1. The molecule has 0 aliphatic rings. The number of carbonyl (C=O) groups excluding carboxylic acids is 2. The van der Waals surface area contributed by atoms with E-state index in [9.17, 15) is 19.2 Å². The third-order valence-corrected chi connectivity index (χ3v) is 5.65. The summed E-state index contributed by atoms with van der Waals surface area (Å²) < 4.78 is 0. The van der Waals surface area contributed by atoms with E-state index in [-0.39, 0.29) is 0 Å². The van der Waals surface area contributed by atoms with Crippen LogP contribution in [0.15, 0.2) is 82.6 Å². The standard InChI is InChI=1S/C20H16N2O6S2/c23-17(9-11-19(25)26)21-13-1-5-15(6-2-13)29-30-16-7-3-14(4-8-16)22-18(24)10-12-20(27)28/h1-12H,(H,21,23)(H,22,24)(H,25,26)(H,27,28)/b11-9+,12-10+. The van der Waals surface area contributed by atoms with Crippen molar-refractivity contribution in [2.24, 2.45) is 0 Å². The van der Waals surface area contributed by atoms with Gasteiger partial charge in [-0.05, 0) is 48.5 Å². The molecule has 0 heterocycles. The molecule has 2 rings (SSSR count). The lowest BCUT2D eigenvalue weighted by Crippen LogP contribution is -2.08. The van der Waals surface area contributed by atoms with E-state index in [4.69, 9.17) is 10.2 Å². The molecule has 8 nitrogen and oxygen atoms in total. The molecule has 0 unspecified atom stereocenters. The molecule has 30 heavy (non-hydrogen) atoms. The zero-order chi connectivity index (χ0) is 21.9. The van der Waals surface area contributed by atoms with Crippen LogP contribution in [0.25, 0.3) is 0 Å². The molecule has 2 aromatic carbocycles. The van der Waals surface area contributed by atoms with E-state index in [0.29, 0.717) is 11.4 Å². The van der Waals surface area contributed by atoms with Gasteiger partial charge in [0.15, 0.2) is 0 Å². The van der Waals surface area contributed by atoms with E-state index in [1.165, 1.54) is 21.6 Å². The van der Waals surface area contributed by atoms with Gasteiger partial charge in [-0.15, -0.1) is 0 Å². The molecule has 2 aromatic rings. The lowest BCUT2D eigenvalue weighted by atomic mass is 10.3. The first-order valence-electron chi connectivity index (χ1n) is 8.30. The molecule has 0 bridgehead atoms. The largest absolute Gasteiger partial charge is 0.478 e. The van der Waals surface area contributed by atoms with Gasteiger partial charge in [-0.2, -0.15) is 0 Å². The third-order valence-electron chi connectivity index (χ3n) is 3.23. The summed E-state index contributed by atoms with van der Waals surface area (Å²) in [7, 11) is 2.99. The Morgan fingerprint density at radius 2 is 0.933 bits per heavy atom. The molecule has 0 atom stereocenters. The number of hydrogen-bond acceptors (Lipinski definition) is 6.